The van der Waals surface area contributed by atoms with Gasteiger partial charge in [-0.15, -0.1) is 0 Å². The Labute approximate surface area is 216 Å². The smallest absolute Gasteiger partial charge is 0.244 e. The lowest BCUT2D eigenvalue weighted by molar-refractivity contribution is -0.140. The number of carbonyl (C=O) groups is 2. The van der Waals surface area contributed by atoms with Crippen LogP contribution >= 0.6 is 0 Å². The lowest BCUT2D eigenvalue weighted by atomic mass is 10.0. The molecular weight excluding hydrogens is 474 g/mol. The molecule has 0 bridgehead atoms. The molecule has 36 heavy (non-hydrogen) atoms. The van der Waals surface area contributed by atoms with Gasteiger partial charge in [-0.25, -0.2) is 8.42 Å². The van der Waals surface area contributed by atoms with E-state index in [9.17, 15) is 18.0 Å². The molecule has 1 atom stereocenters. The molecule has 0 aliphatic rings. The highest BCUT2D eigenvalue weighted by molar-refractivity contribution is 7.92. The highest BCUT2D eigenvalue weighted by atomic mass is 32.2. The fourth-order valence-electron chi connectivity index (χ4n) is 3.99. The van der Waals surface area contributed by atoms with E-state index in [-0.39, 0.29) is 12.5 Å². The molecule has 2 aromatic carbocycles. The molecule has 2 amide bonds. The first kappa shape index (κ1) is 29.4. The zero-order chi connectivity index (χ0) is 27.1. The monoisotopic (exact) mass is 515 g/mol. The van der Waals surface area contributed by atoms with Gasteiger partial charge in [0.15, 0.2) is 0 Å². The quantitative estimate of drug-likeness (QED) is 0.482. The molecular formula is C28H41N3O4S. The second kappa shape index (κ2) is 12.4. The maximum Gasteiger partial charge on any atom is 0.244 e. The van der Waals surface area contributed by atoms with Crippen molar-refractivity contribution in [2.45, 2.75) is 71.9 Å². The third kappa shape index (κ3) is 8.66. The number of benzene rings is 2. The molecule has 0 aromatic heterocycles. The number of nitrogens with zero attached hydrogens (tertiary/aromatic N) is 2. The van der Waals surface area contributed by atoms with Crippen molar-refractivity contribution in [2.75, 3.05) is 23.7 Å². The molecule has 0 saturated heterocycles. The van der Waals surface area contributed by atoms with Crippen molar-refractivity contribution in [3.8, 4) is 0 Å². The Balaban J connectivity index is 2.38. The van der Waals surface area contributed by atoms with E-state index in [4.69, 9.17) is 0 Å². The molecule has 0 aliphatic heterocycles. The van der Waals surface area contributed by atoms with Gasteiger partial charge >= 0.3 is 0 Å². The Morgan fingerprint density at radius 2 is 1.56 bits per heavy atom. The van der Waals surface area contributed by atoms with Crippen LogP contribution in [0, 0.1) is 0 Å². The number of amides is 2. The third-order valence-corrected chi connectivity index (χ3v) is 7.04. The summed E-state index contributed by atoms with van der Waals surface area (Å²) in [7, 11) is -3.74. The lowest BCUT2D eigenvalue weighted by Gasteiger charge is -2.34. The van der Waals surface area contributed by atoms with E-state index in [1.165, 1.54) is 4.90 Å². The van der Waals surface area contributed by atoms with E-state index in [1.807, 2.05) is 70.2 Å². The third-order valence-electron chi connectivity index (χ3n) is 5.90. The van der Waals surface area contributed by atoms with Crippen LogP contribution < -0.4 is 9.62 Å². The van der Waals surface area contributed by atoms with E-state index in [0.29, 0.717) is 31.0 Å². The summed E-state index contributed by atoms with van der Waals surface area (Å²) in [6.45, 7) is 11.6. The number of carbonyl (C=O) groups excluding carboxylic acids is 2. The second-order valence-electron chi connectivity index (χ2n) is 10.5. The van der Waals surface area contributed by atoms with Crippen LogP contribution in [0.2, 0.25) is 0 Å². The maximum absolute atomic E-state index is 13.7. The Kier molecular flexibility index (Phi) is 10.1. The lowest BCUT2D eigenvalue weighted by Crippen LogP contribution is -2.56. The van der Waals surface area contributed by atoms with Crippen LogP contribution in [0.25, 0.3) is 0 Å². The fraction of sp³-hybridized carbons (Fsp3) is 0.500. The zero-order valence-corrected chi connectivity index (χ0v) is 23.4. The summed E-state index contributed by atoms with van der Waals surface area (Å²) in [5.74, 6) is -0.369. The van der Waals surface area contributed by atoms with E-state index in [1.54, 1.807) is 12.1 Å². The summed E-state index contributed by atoms with van der Waals surface area (Å²) in [6.07, 6.45) is 2.05. The Hall–Kier alpha value is -2.87. The standard InChI is InChI=1S/C28H41N3O4S/c1-8-25(27(33)29-28(4,5)6)30(19-18-22-12-10-9-11-13-22)26(32)20-31(36(7,34)35)24-16-14-23(15-17-24)21(2)3/h9-17,21,25H,8,18-20H2,1-7H3,(H,29,33)/t25-/m0/s1. The Morgan fingerprint density at radius 1 is 0.972 bits per heavy atom. The predicted octanol–water partition coefficient (Wildman–Crippen LogP) is 4.34. The predicted molar refractivity (Wildman–Crippen MR) is 147 cm³/mol. The van der Waals surface area contributed by atoms with Gasteiger partial charge in [0.05, 0.1) is 11.9 Å². The number of hydrogen-bond acceptors (Lipinski definition) is 4. The molecule has 2 aromatic rings. The van der Waals surface area contributed by atoms with Crippen LogP contribution in [0.3, 0.4) is 0 Å². The molecule has 0 unspecified atom stereocenters. The molecule has 2 rings (SSSR count). The molecule has 0 radical (unpaired) electrons. The van der Waals surface area contributed by atoms with Crippen molar-refractivity contribution in [3.63, 3.8) is 0 Å². The molecule has 1 N–H and O–H groups in total. The molecule has 0 aliphatic carbocycles. The van der Waals surface area contributed by atoms with Crippen LogP contribution in [0.4, 0.5) is 5.69 Å². The topological polar surface area (TPSA) is 86.8 Å². The van der Waals surface area contributed by atoms with Crippen molar-refractivity contribution in [1.82, 2.24) is 10.2 Å². The van der Waals surface area contributed by atoms with Crippen LogP contribution in [-0.2, 0) is 26.0 Å². The number of hydrogen-bond donors (Lipinski definition) is 1. The summed E-state index contributed by atoms with van der Waals surface area (Å²) in [6, 6.07) is 16.2. The van der Waals surface area contributed by atoms with Gasteiger partial charge in [0.1, 0.15) is 12.6 Å². The highest BCUT2D eigenvalue weighted by Gasteiger charge is 2.32. The van der Waals surface area contributed by atoms with Crippen LogP contribution in [0.15, 0.2) is 54.6 Å². The molecule has 198 valence electrons. The van der Waals surface area contributed by atoms with Gasteiger partial charge in [-0.2, -0.15) is 0 Å². The van der Waals surface area contributed by atoms with Gasteiger partial charge in [-0.05, 0) is 62.8 Å². The summed E-state index contributed by atoms with van der Waals surface area (Å²) in [5.41, 5.74) is 2.07. The minimum absolute atomic E-state index is 0.251. The van der Waals surface area contributed by atoms with E-state index >= 15 is 0 Å². The maximum atomic E-state index is 13.7. The van der Waals surface area contributed by atoms with E-state index < -0.39 is 27.5 Å². The number of sulfonamides is 1. The van der Waals surface area contributed by atoms with Gasteiger partial charge in [0.2, 0.25) is 21.8 Å². The minimum Gasteiger partial charge on any atom is -0.350 e. The summed E-state index contributed by atoms with van der Waals surface area (Å²) in [4.78, 5) is 28.4. The second-order valence-corrected chi connectivity index (χ2v) is 12.4. The SMILES string of the molecule is CC[C@@H](C(=O)NC(C)(C)C)N(CCc1ccccc1)C(=O)CN(c1ccc(C(C)C)cc1)S(C)(=O)=O. The first-order valence-electron chi connectivity index (χ1n) is 12.5. The van der Waals surface area contributed by atoms with Gasteiger partial charge in [0, 0.05) is 12.1 Å². The average Bonchev–Trinajstić information content (AvgIpc) is 2.78. The molecule has 0 fully saturated rings. The van der Waals surface area contributed by atoms with E-state index in [2.05, 4.69) is 19.2 Å². The van der Waals surface area contributed by atoms with Crippen molar-refractivity contribution < 1.29 is 18.0 Å². The fourth-order valence-corrected chi connectivity index (χ4v) is 4.84. The molecule has 7 nitrogen and oxygen atoms in total. The van der Waals surface area contributed by atoms with Crippen molar-refractivity contribution >= 4 is 27.5 Å². The first-order chi connectivity index (χ1) is 16.7. The number of rotatable bonds is 11. The average molecular weight is 516 g/mol. The van der Waals surface area contributed by atoms with Crippen molar-refractivity contribution in [1.29, 1.82) is 0 Å². The Bertz CT molecular complexity index is 1110. The van der Waals surface area contributed by atoms with Crippen LogP contribution in [-0.4, -0.2) is 56.1 Å². The molecule has 0 saturated carbocycles. The van der Waals surface area contributed by atoms with Gasteiger partial charge < -0.3 is 10.2 Å². The summed E-state index contributed by atoms with van der Waals surface area (Å²) in [5, 5.41) is 2.97. The van der Waals surface area contributed by atoms with Gasteiger partial charge in [0.25, 0.3) is 0 Å². The molecule has 0 heterocycles. The molecule has 8 heteroatoms. The number of anilines is 1. The van der Waals surface area contributed by atoms with Crippen molar-refractivity contribution in [2.24, 2.45) is 0 Å². The highest BCUT2D eigenvalue weighted by Crippen LogP contribution is 2.23. The number of nitrogens with one attached hydrogen (secondary N) is 1. The summed E-state index contributed by atoms with van der Waals surface area (Å²) < 4.78 is 26.6. The van der Waals surface area contributed by atoms with Crippen LogP contribution in [0.5, 0.6) is 0 Å². The zero-order valence-electron chi connectivity index (χ0n) is 22.6. The van der Waals surface area contributed by atoms with E-state index in [0.717, 1.165) is 21.7 Å². The van der Waals surface area contributed by atoms with Gasteiger partial charge in [-0.3, -0.25) is 13.9 Å². The summed E-state index contributed by atoms with van der Waals surface area (Å²) >= 11 is 0. The van der Waals surface area contributed by atoms with Gasteiger partial charge in [-0.1, -0.05) is 63.2 Å². The van der Waals surface area contributed by atoms with Crippen LogP contribution in [0.1, 0.15) is 65.0 Å². The van der Waals surface area contributed by atoms with Crippen molar-refractivity contribution in [3.05, 3.63) is 65.7 Å². The molecule has 0 spiro atoms. The first-order valence-corrected chi connectivity index (χ1v) is 14.3. The largest absolute Gasteiger partial charge is 0.350 e. The normalized spacial score (nSPS) is 12.8. The minimum atomic E-state index is -3.74. The Morgan fingerprint density at radius 3 is 2.03 bits per heavy atom.